The molecule has 0 aromatic carbocycles. The van der Waals surface area contributed by atoms with Crippen LogP contribution in [0, 0.1) is 0 Å². The van der Waals surface area contributed by atoms with E-state index in [2.05, 4.69) is 15.0 Å². The minimum Gasteiger partial charge on any atom is -0.369 e. The maximum atomic E-state index is 12.0. The van der Waals surface area contributed by atoms with Crippen LogP contribution in [-0.4, -0.2) is 100.0 Å². The van der Waals surface area contributed by atoms with Gasteiger partial charge in [0.2, 0.25) is 5.95 Å². The van der Waals surface area contributed by atoms with Gasteiger partial charge in [-0.25, -0.2) is 4.98 Å². The Morgan fingerprint density at radius 1 is 1.13 bits per heavy atom. The molecule has 14 nitrogen and oxygen atoms in total. The molecule has 3 heterocycles. The number of H-pyrrole nitrogens is 1. The van der Waals surface area contributed by atoms with Gasteiger partial charge in [0.05, 0.1) is 18.7 Å². The van der Waals surface area contributed by atoms with Gasteiger partial charge in [0.25, 0.3) is 5.56 Å². The van der Waals surface area contributed by atoms with Crippen molar-refractivity contribution in [1.29, 1.82) is 0 Å². The zero-order valence-electron chi connectivity index (χ0n) is 16.0. The minimum atomic E-state index is -4.18. The molecule has 2 aromatic rings. The van der Waals surface area contributed by atoms with Crippen LogP contribution in [0.15, 0.2) is 11.1 Å². The summed E-state index contributed by atoms with van der Waals surface area (Å²) in [6.45, 7) is 2.05. The number of aromatic nitrogens is 4. The molecule has 7 N–H and O–H groups in total. The van der Waals surface area contributed by atoms with Gasteiger partial charge in [-0.1, -0.05) is 0 Å². The molecule has 30 heavy (non-hydrogen) atoms. The highest BCUT2D eigenvalue weighted by molar-refractivity contribution is 7.52. The summed E-state index contributed by atoms with van der Waals surface area (Å²) in [4.78, 5) is 63.1. The van der Waals surface area contributed by atoms with Crippen molar-refractivity contribution >= 4 is 32.3 Å². The molecule has 0 spiro atoms. The molecule has 0 bridgehead atoms. The van der Waals surface area contributed by atoms with Gasteiger partial charge in [-0.3, -0.25) is 28.7 Å². The SMILES string of the molecule is Nc1nc2c(ncn2CC2CN(CCP(=O)(O)O)CCN2CCP(=O)(O)O)c(=O)[nH]1. The Morgan fingerprint density at radius 2 is 1.80 bits per heavy atom. The molecular formula is C14H25N7O7P2. The number of nitrogen functional groups attached to an aromatic ring is 1. The summed E-state index contributed by atoms with van der Waals surface area (Å²) in [6.07, 6.45) is 0.868. The lowest BCUT2D eigenvalue weighted by molar-refractivity contribution is 0.0722. The lowest BCUT2D eigenvalue weighted by Gasteiger charge is -2.41. The molecule has 1 fully saturated rings. The number of hydrogen-bond donors (Lipinski definition) is 6. The average molecular weight is 465 g/mol. The van der Waals surface area contributed by atoms with Crippen molar-refractivity contribution in [1.82, 2.24) is 29.3 Å². The third kappa shape index (κ3) is 6.19. The fraction of sp³-hybridized carbons (Fsp3) is 0.643. The van der Waals surface area contributed by atoms with Crippen LogP contribution in [0.4, 0.5) is 5.95 Å². The van der Waals surface area contributed by atoms with Gasteiger partial charge in [0.15, 0.2) is 11.2 Å². The Kier molecular flexibility index (Phi) is 6.80. The first-order chi connectivity index (χ1) is 13.9. The van der Waals surface area contributed by atoms with Crippen molar-refractivity contribution < 1.29 is 28.7 Å². The van der Waals surface area contributed by atoms with Crippen molar-refractivity contribution in [2.75, 3.05) is 50.8 Å². The number of imidazole rings is 1. The molecule has 1 unspecified atom stereocenters. The molecule has 2 aromatic heterocycles. The largest absolute Gasteiger partial charge is 0.369 e. The van der Waals surface area contributed by atoms with E-state index in [-0.39, 0.29) is 42.9 Å². The summed E-state index contributed by atoms with van der Waals surface area (Å²) in [7, 11) is -8.32. The number of nitrogens with two attached hydrogens (primary N) is 1. The number of nitrogens with zero attached hydrogens (tertiary/aromatic N) is 5. The van der Waals surface area contributed by atoms with E-state index in [9.17, 15) is 23.7 Å². The van der Waals surface area contributed by atoms with Crippen molar-refractivity contribution in [2.24, 2.45) is 0 Å². The van der Waals surface area contributed by atoms with Gasteiger partial charge < -0.3 is 29.9 Å². The zero-order chi connectivity index (χ0) is 22.1. The Labute approximate surface area is 171 Å². The smallest absolute Gasteiger partial charge is 0.326 e. The maximum Gasteiger partial charge on any atom is 0.326 e. The van der Waals surface area contributed by atoms with Crippen molar-refractivity contribution in [3.8, 4) is 0 Å². The highest BCUT2D eigenvalue weighted by atomic mass is 31.2. The zero-order valence-corrected chi connectivity index (χ0v) is 17.8. The average Bonchev–Trinajstić information content (AvgIpc) is 3.01. The molecule has 0 saturated carbocycles. The van der Waals surface area contributed by atoms with E-state index >= 15 is 0 Å². The normalized spacial score (nSPS) is 19.5. The lowest BCUT2D eigenvalue weighted by atomic mass is 10.1. The van der Waals surface area contributed by atoms with E-state index in [4.69, 9.17) is 15.5 Å². The van der Waals surface area contributed by atoms with Crippen LogP contribution in [0.2, 0.25) is 0 Å². The highest BCUT2D eigenvalue weighted by Gasteiger charge is 2.30. The molecule has 1 atom stereocenters. The molecule has 0 aliphatic carbocycles. The van der Waals surface area contributed by atoms with Gasteiger partial charge >= 0.3 is 15.2 Å². The van der Waals surface area contributed by atoms with E-state index in [1.807, 2.05) is 9.80 Å². The predicted octanol–water partition coefficient (Wildman–Crippen LogP) is -1.96. The van der Waals surface area contributed by atoms with Crippen LogP contribution in [0.25, 0.3) is 11.2 Å². The Morgan fingerprint density at radius 3 is 2.47 bits per heavy atom. The number of anilines is 1. The fourth-order valence-corrected chi connectivity index (χ4v) is 4.55. The molecule has 3 rings (SSSR count). The van der Waals surface area contributed by atoms with Crippen LogP contribution in [0.5, 0.6) is 0 Å². The molecule has 1 aliphatic heterocycles. The number of hydrogen-bond acceptors (Lipinski definition) is 8. The number of fused-ring (bicyclic) bond motifs is 1. The van der Waals surface area contributed by atoms with E-state index in [1.54, 1.807) is 4.57 Å². The van der Waals surface area contributed by atoms with E-state index < -0.39 is 20.8 Å². The Hall–Kier alpha value is -1.63. The first-order valence-corrected chi connectivity index (χ1v) is 12.8. The third-order valence-corrected chi connectivity index (χ3v) is 6.54. The van der Waals surface area contributed by atoms with Crippen LogP contribution < -0.4 is 11.3 Å². The first kappa shape index (κ1) is 23.0. The lowest BCUT2D eigenvalue weighted by Crippen LogP contribution is -2.55. The van der Waals surface area contributed by atoms with Crippen molar-refractivity contribution in [3.05, 3.63) is 16.7 Å². The molecule has 0 radical (unpaired) electrons. The third-order valence-electron chi connectivity index (χ3n) is 4.98. The van der Waals surface area contributed by atoms with Crippen molar-refractivity contribution in [2.45, 2.75) is 12.6 Å². The summed E-state index contributed by atoms with van der Waals surface area (Å²) >= 11 is 0. The van der Waals surface area contributed by atoms with Gasteiger partial charge in [-0.2, -0.15) is 4.98 Å². The number of rotatable bonds is 8. The Bertz CT molecular complexity index is 1040. The maximum absolute atomic E-state index is 12.0. The standard InChI is InChI=1S/C14H25N7O7P2/c15-14-17-12-11(13(22)18-14)16-9-21(12)8-10-7-19(3-5-29(23,24)25)1-2-20(10)4-6-30(26,27)28/h9-10H,1-8H2,(H2,23,24,25)(H2,26,27,28)(H3,15,17,18,22). The molecule has 168 valence electrons. The van der Waals surface area contributed by atoms with Crippen LogP contribution in [-0.2, 0) is 15.7 Å². The molecular weight excluding hydrogens is 440 g/mol. The van der Waals surface area contributed by atoms with Crippen LogP contribution in [0.3, 0.4) is 0 Å². The highest BCUT2D eigenvalue weighted by Crippen LogP contribution is 2.35. The van der Waals surface area contributed by atoms with Gasteiger partial charge in [-0.15, -0.1) is 0 Å². The summed E-state index contributed by atoms with van der Waals surface area (Å²) in [5.41, 5.74) is 5.57. The van der Waals surface area contributed by atoms with Crippen LogP contribution >= 0.6 is 15.2 Å². The Balaban J connectivity index is 1.80. The predicted molar refractivity (Wildman–Crippen MR) is 108 cm³/mol. The second kappa shape index (κ2) is 8.85. The summed E-state index contributed by atoms with van der Waals surface area (Å²) < 4.78 is 24.2. The second-order valence-corrected chi connectivity index (χ2v) is 10.8. The van der Waals surface area contributed by atoms with Crippen LogP contribution in [0.1, 0.15) is 0 Å². The van der Waals surface area contributed by atoms with E-state index in [1.165, 1.54) is 6.33 Å². The molecule has 0 amide bonds. The van der Waals surface area contributed by atoms with Gasteiger partial charge in [0.1, 0.15) is 0 Å². The van der Waals surface area contributed by atoms with Crippen molar-refractivity contribution in [3.63, 3.8) is 0 Å². The molecule has 1 aliphatic rings. The van der Waals surface area contributed by atoms with Gasteiger partial charge in [-0.05, 0) is 0 Å². The number of piperazine rings is 1. The number of aromatic amines is 1. The van der Waals surface area contributed by atoms with Gasteiger partial charge in [0, 0.05) is 45.3 Å². The second-order valence-electron chi connectivity index (χ2n) is 7.29. The molecule has 1 saturated heterocycles. The summed E-state index contributed by atoms with van der Waals surface area (Å²) in [6, 6.07) is -0.248. The molecule has 16 heteroatoms. The topological polar surface area (TPSA) is 211 Å². The first-order valence-electron chi connectivity index (χ1n) is 9.17. The minimum absolute atomic E-state index is 0.0560. The van der Waals surface area contributed by atoms with E-state index in [0.29, 0.717) is 31.8 Å². The number of nitrogens with one attached hydrogen (secondary N) is 1. The quantitative estimate of drug-likeness (QED) is 0.235. The monoisotopic (exact) mass is 465 g/mol. The van der Waals surface area contributed by atoms with E-state index in [0.717, 1.165) is 0 Å². The summed E-state index contributed by atoms with van der Waals surface area (Å²) in [5, 5.41) is 0. The fourth-order valence-electron chi connectivity index (χ4n) is 3.49. The summed E-state index contributed by atoms with van der Waals surface area (Å²) in [5.74, 6) is -0.0560.